The fourth-order valence-corrected chi connectivity index (χ4v) is 2.68. The van der Waals surface area contributed by atoms with Crippen molar-refractivity contribution in [1.29, 1.82) is 0 Å². The van der Waals surface area contributed by atoms with Gasteiger partial charge in [-0.15, -0.1) is 0 Å². The molecule has 2 atom stereocenters. The first-order chi connectivity index (χ1) is 6.29. The van der Waals surface area contributed by atoms with E-state index in [0.717, 1.165) is 18.4 Å². The molecule has 1 rings (SSSR count). The maximum absolute atomic E-state index is 5.64. The Kier molecular flexibility index (Phi) is 4.79. The quantitative estimate of drug-likeness (QED) is 0.634. The van der Waals surface area contributed by atoms with Crippen LogP contribution in [-0.4, -0.2) is 12.7 Å². The molecule has 1 aliphatic rings. The Morgan fingerprint density at radius 1 is 1.23 bits per heavy atom. The van der Waals surface area contributed by atoms with E-state index in [0.29, 0.717) is 6.10 Å². The zero-order valence-corrected chi connectivity index (χ0v) is 9.38. The molecule has 0 aliphatic carbocycles. The predicted molar refractivity (Wildman–Crippen MR) is 56.8 cm³/mol. The van der Waals surface area contributed by atoms with Gasteiger partial charge in [-0.2, -0.15) is 0 Å². The molecule has 0 N–H and O–H groups in total. The van der Waals surface area contributed by atoms with Gasteiger partial charge in [0.15, 0.2) is 0 Å². The monoisotopic (exact) mass is 184 g/mol. The second kappa shape index (κ2) is 5.64. The fourth-order valence-electron chi connectivity index (χ4n) is 2.68. The van der Waals surface area contributed by atoms with E-state index in [1.807, 2.05) is 0 Å². The standard InChI is InChI=1S/C12H24O/c1-4-6-11(7-5-2)12-8-9-13-10(12)3/h10-12H,4-9H2,1-3H3. The van der Waals surface area contributed by atoms with Crippen molar-refractivity contribution in [3.05, 3.63) is 0 Å². The SMILES string of the molecule is CCCC(CCC)C1CCOC1C. The molecule has 1 heteroatoms. The van der Waals surface area contributed by atoms with Crippen molar-refractivity contribution in [2.24, 2.45) is 11.8 Å². The first-order valence-electron chi connectivity index (χ1n) is 5.91. The minimum Gasteiger partial charge on any atom is -0.378 e. The molecule has 0 aromatic rings. The fraction of sp³-hybridized carbons (Fsp3) is 1.00. The van der Waals surface area contributed by atoms with Gasteiger partial charge >= 0.3 is 0 Å². The molecule has 78 valence electrons. The number of rotatable bonds is 5. The molecule has 0 radical (unpaired) electrons. The van der Waals surface area contributed by atoms with E-state index in [1.54, 1.807) is 0 Å². The van der Waals surface area contributed by atoms with E-state index in [-0.39, 0.29) is 0 Å². The van der Waals surface area contributed by atoms with E-state index in [2.05, 4.69) is 20.8 Å². The van der Waals surface area contributed by atoms with Crippen LogP contribution in [0.15, 0.2) is 0 Å². The molecule has 1 heterocycles. The lowest BCUT2D eigenvalue weighted by atomic mass is 9.81. The van der Waals surface area contributed by atoms with Gasteiger partial charge in [0.25, 0.3) is 0 Å². The molecule has 0 aromatic carbocycles. The average Bonchev–Trinajstić information content (AvgIpc) is 2.51. The van der Waals surface area contributed by atoms with Gasteiger partial charge in [-0.1, -0.05) is 39.5 Å². The highest BCUT2D eigenvalue weighted by Crippen LogP contribution is 2.33. The molecule has 1 nitrogen and oxygen atoms in total. The van der Waals surface area contributed by atoms with Gasteiger partial charge in [-0.05, 0) is 25.2 Å². The van der Waals surface area contributed by atoms with Crippen molar-refractivity contribution in [1.82, 2.24) is 0 Å². The van der Waals surface area contributed by atoms with Gasteiger partial charge in [0.2, 0.25) is 0 Å². The van der Waals surface area contributed by atoms with Crippen molar-refractivity contribution in [2.45, 2.75) is 59.0 Å². The van der Waals surface area contributed by atoms with Crippen LogP contribution in [0, 0.1) is 11.8 Å². The smallest absolute Gasteiger partial charge is 0.0578 e. The number of hydrogen-bond donors (Lipinski definition) is 0. The van der Waals surface area contributed by atoms with Crippen LogP contribution >= 0.6 is 0 Å². The minimum atomic E-state index is 0.517. The Morgan fingerprint density at radius 2 is 1.85 bits per heavy atom. The summed E-state index contributed by atoms with van der Waals surface area (Å²) in [6.07, 6.45) is 7.26. The Bertz CT molecular complexity index is 127. The maximum Gasteiger partial charge on any atom is 0.0578 e. The average molecular weight is 184 g/mol. The molecule has 13 heavy (non-hydrogen) atoms. The number of hydrogen-bond acceptors (Lipinski definition) is 1. The zero-order valence-electron chi connectivity index (χ0n) is 9.38. The topological polar surface area (TPSA) is 9.23 Å². The third kappa shape index (κ3) is 2.98. The highest BCUT2D eigenvalue weighted by molar-refractivity contribution is 4.79. The van der Waals surface area contributed by atoms with E-state index in [4.69, 9.17) is 4.74 Å². The van der Waals surface area contributed by atoms with Gasteiger partial charge in [0, 0.05) is 6.61 Å². The zero-order chi connectivity index (χ0) is 9.68. The summed E-state index contributed by atoms with van der Waals surface area (Å²) in [5.41, 5.74) is 0. The molecule has 0 bridgehead atoms. The van der Waals surface area contributed by atoms with Crippen LogP contribution in [0.5, 0.6) is 0 Å². The molecule has 0 amide bonds. The summed E-state index contributed by atoms with van der Waals surface area (Å²) in [7, 11) is 0. The normalized spacial score (nSPS) is 28.6. The van der Waals surface area contributed by atoms with E-state index in [1.165, 1.54) is 32.1 Å². The third-order valence-corrected chi connectivity index (χ3v) is 3.36. The second-order valence-electron chi connectivity index (χ2n) is 4.37. The van der Waals surface area contributed by atoms with Crippen LogP contribution in [0.25, 0.3) is 0 Å². The Morgan fingerprint density at radius 3 is 2.23 bits per heavy atom. The van der Waals surface area contributed by atoms with Gasteiger partial charge in [0.05, 0.1) is 6.10 Å². The molecular weight excluding hydrogens is 160 g/mol. The van der Waals surface area contributed by atoms with Crippen LogP contribution in [-0.2, 0) is 4.74 Å². The maximum atomic E-state index is 5.64. The van der Waals surface area contributed by atoms with Crippen LogP contribution in [0.1, 0.15) is 52.9 Å². The molecule has 0 spiro atoms. The van der Waals surface area contributed by atoms with Gasteiger partial charge < -0.3 is 4.74 Å². The highest BCUT2D eigenvalue weighted by Gasteiger charge is 2.30. The van der Waals surface area contributed by atoms with E-state index >= 15 is 0 Å². The lowest BCUT2D eigenvalue weighted by molar-refractivity contribution is 0.0859. The molecule has 1 aliphatic heterocycles. The molecular formula is C12H24O. The summed E-state index contributed by atoms with van der Waals surface area (Å²) in [6, 6.07) is 0. The van der Waals surface area contributed by atoms with Crippen molar-refractivity contribution in [3.63, 3.8) is 0 Å². The summed E-state index contributed by atoms with van der Waals surface area (Å²) in [5, 5.41) is 0. The molecule has 0 aromatic heterocycles. The Labute approximate surface area is 82.9 Å². The first kappa shape index (κ1) is 11.0. The summed E-state index contributed by atoms with van der Waals surface area (Å²) < 4.78 is 5.64. The van der Waals surface area contributed by atoms with Crippen molar-refractivity contribution in [2.75, 3.05) is 6.61 Å². The molecule has 0 saturated carbocycles. The Balaban J connectivity index is 2.42. The van der Waals surface area contributed by atoms with Crippen molar-refractivity contribution in [3.8, 4) is 0 Å². The lowest BCUT2D eigenvalue weighted by Crippen LogP contribution is -2.21. The van der Waals surface area contributed by atoms with Gasteiger partial charge in [-0.25, -0.2) is 0 Å². The van der Waals surface area contributed by atoms with Crippen LogP contribution in [0.4, 0.5) is 0 Å². The lowest BCUT2D eigenvalue weighted by Gasteiger charge is -2.25. The predicted octanol–water partition coefficient (Wildman–Crippen LogP) is 3.63. The van der Waals surface area contributed by atoms with Crippen molar-refractivity contribution >= 4 is 0 Å². The Hall–Kier alpha value is -0.0400. The molecule has 2 unspecified atom stereocenters. The molecule has 1 saturated heterocycles. The molecule has 1 fully saturated rings. The summed E-state index contributed by atoms with van der Waals surface area (Å²) in [5.74, 6) is 1.77. The first-order valence-corrected chi connectivity index (χ1v) is 5.91. The van der Waals surface area contributed by atoms with Gasteiger partial charge in [0.1, 0.15) is 0 Å². The van der Waals surface area contributed by atoms with E-state index < -0.39 is 0 Å². The minimum absolute atomic E-state index is 0.517. The van der Waals surface area contributed by atoms with Crippen LogP contribution in [0.3, 0.4) is 0 Å². The highest BCUT2D eigenvalue weighted by atomic mass is 16.5. The van der Waals surface area contributed by atoms with Crippen LogP contribution < -0.4 is 0 Å². The van der Waals surface area contributed by atoms with Gasteiger partial charge in [-0.3, -0.25) is 0 Å². The third-order valence-electron chi connectivity index (χ3n) is 3.36. The largest absolute Gasteiger partial charge is 0.378 e. The second-order valence-corrected chi connectivity index (χ2v) is 4.37. The van der Waals surface area contributed by atoms with E-state index in [9.17, 15) is 0 Å². The van der Waals surface area contributed by atoms with Crippen molar-refractivity contribution < 1.29 is 4.74 Å². The summed E-state index contributed by atoms with van der Waals surface area (Å²) >= 11 is 0. The van der Waals surface area contributed by atoms with Crippen LogP contribution in [0.2, 0.25) is 0 Å². The number of ether oxygens (including phenoxy) is 1. The summed E-state index contributed by atoms with van der Waals surface area (Å²) in [4.78, 5) is 0. The summed E-state index contributed by atoms with van der Waals surface area (Å²) in [6.45, 7) is 7.83.